The van der Waals surface area contributed by atoms with Gasteiger partial charge in [0, 0.05) is 40.0 Å². The third kappa shape index (κ3) is 5.88. The largest absolute Gasteiger partial charge is 0.384 e. The number of amides is 1. The molecule has 6 heteroatoms. The first kappa shape index (κ1) is 17.7. The number of hydrogen-bond acceptors (Lipinski definition) is 3. The molecule has 0 saturated heterocycles. The topological polar surface area (TPSA) is 66.4 Å². The van der Waals surface area contributed by atoms with Crippen LogP contribution in [0.5, 0.6) is 0 Å². The lowest BCUT2D eigenvalue weighted by Gasteiger charge is -2.09. The summed E-state index contributed by atoms with van der Waals surface area (Å²) >= 11 is 6.03. The van der Waals surface area contributed by atoms with Gasteiger partial charge in [-0.05, 0) is 24.6 Å². The van der Waals surface area contributed by atoms with E-state index in [2.05, 4.69) is 17.2 Å². The van der Waals surface area contributed by atoms with Gasteiger partial charge in [-0.1, -0.05) is 30.4 Å². The van der Waals surface area contributed by atoms with Crippen LogP contribution in [0.15, 0.2) is 18.2 Å². The molecule has 0 spiro atoms. The highest BCUT2D eigenvalue weighted by Crippen LogP contribution is 2.17. The van der Waals surface area contributed by atoms with Crippen molar-refractivity contribution < 1.29 is 14.1 Å². The SMILES string of the molecule is CC(CCNC(=O)c1ccc(C#CCO)c(Cl)c1)S(C)=O. The van der Waals surface area contributed by atoms with Crippen LogP contribution in [0.4, 0.5) is 0 Å². The van der Waals surface area contributed by atoms with Crippen molar-refractivity contribution in [1.29, 1.82) is 0 Å². The standard InChI is InChI=1S/C15H18ClNO3S/c1-11(21(2)20)7-8-17-15(19)13-6-5-12(4-3-9-18)14(16)10-13/h5-6,10-11,18H,7-9H2,1-2H3,(H,17,19). The number of aliphatic hydroxyl groups excluding tert-OH is 1. The fourth-order valence-electron chi connectivity index (χ4n) is 1.55. The molecule has 0 heterocycles. The Morgan fingerprint density at radius 2 is 2.24 bits per heavy atom. The third-order valence-corrected chi connectivity index (χ3v) is 4.62. The van der Waals surface area contributed by atoms with E-state index in [0.29, 0.717) is 29.1 Å². The third-order valence-electron chi connectivity index (χ3n) is 2.94. The Morgan fingerprint density at radius 3 is 2.81 bits per heavy atom. The second-order valence-electron chi connectivity index (χ2n) is 4.51. The zero-order valence-electron chi connectivity index (χ0n) is 12.0. The lowest BCUT2D eigenvalue weighted by Crippen LogP contribution is -2.27. The van der Waals surface area contributed by atoms with Crippen LogP contribution in [0.2, 0.25) is 5.02 Å². The number of carbonyl (C=O) groups excluding carboxylic acids is 1. The van der Waals surface area contributed by atoms with Gasteiger partial charge in [0.1, 0.15) is 6.61 Å². The number of rotatable bonds is 5. The minimum Gasteiger partial charge on any atom is -0.384 e. The van der Waals surface area contributed by atoms with Crippen LogP contribution in [-0.4, -0.2) is 39.9 Å². The Labute approximate surface area is 132 Å². The molecule has 0 aromatic heterocycles. The number of benzene rings is 1. The normalized spacial score (nSPS) is 13.0. The van der Waals surface area contributed by atoms with E-state index < -0.39 is 10.8 Å². The van der Waals surface area contributed by atoms with E-state index in [4.69, 9.17) is 16.7 Å². The van der Waals surface area contributed by atoms with Crippen LogP contribution < -0.4 is 5.32 Å². The monoisotopic (exact) mass is 327 g/mol. The lowest BCUT2D eigenvalue weighted by atomic mass is 10.1. The highest BCUT2D eigenvalue weighted by atomic mass is 35.5. The summed E-state index contributed by atoms with van der Waals surface area (Å²) in [6.45, 7) is 2.10. The fraction of sp³-hybridized carbons (Fsp3) is 0.400. The Balaban J connectivity index is 2.63. The zero-order valence-corrected chi connectivity index (χ0v) is 13.6. The molecule has 21 heavy (non-hydrogen) atoms. The molecule has 114 valence electrons. The number of nitrogens with one attached hydrogen (secondary N) is 1. The molecule has 1 aromatic rings. The van der Waals surface area contributed by atoms with Gasteiger partial charge >= 0.3 is 0 Å². The van der Waals surface area contributed by atoms with Crippen LogP contribution in [0.3, 0.4) is 0 Å². The van der Waals surface area contributed by atoms with Crippen molar-refractivity contribution in [3.8, 4) is 11.8 Å². The van der Waals surface area contributed by atoms with E-state index >= 15 is 0 Å². The van der Waals surface area contributed by atoms with Gasteiger partial charge in [0.05, 0.1) is 5.02 Å². The van der Waals surface area contributed by atoms with E-state index in [0.717, 1.165) is 0 Å². The summed E-state index contributed by atoms with van der Waals surface area (Å²) in [7, 11) is -0.888. The maximum absolute atomic E-state index is 12.0. The fourth-order valence-corrected chi connectivity index (χ4v) is 2.23. The first-order valence-corrected chi connectivity index (χ1v) is 8.45. The van der Waals surface area contributed by atoms with Crippen molar-refractivity contribution in [3.63, 3.8) is 0 Å². The molecule has 0 radical (unpaired) electrons. The molecular formula is C15H18ClNO3S. The maximum Gasteiger partial charge on any atom is 0.251 e. The second kappa shape index (κ2) is 8.83. The molecule has 2 atom stereocenters. The Kier molecular flexibility index (Phi) is 7.44. The van der Waals surface area contributed by atoms with Crippen LogP contribution in [-0.2, 0) is 10.8 Å². The Bertz CT molecular complexity index is 592. The van der Waals surface area contributed by atoms with Crippen LogP contribution in [0.25, 0.3) is 0 Å². The second-order valence-corrected chi connectivity index (χ2v) is 6.72. The average Bonchev–Trinajstić information content (AvgIpc) is 2.45. The molecule has 1 amide bonds. The molecular weight excluding hydrogens is 310 g/mol. The number of carbonyl (C=O) groups is 1. The predicted molar refractivity (Wildman–Crippen MR) is 85.9 cm³/mol. The summed E-state index contributed by atoms with van der Waals surface area (Å²) in [6.07, 6.45) is 2.31. The van der Waals surface area contributed by atoms with Crippen molar-refractivity contribution in [3.05, 3.63) is 34.3 Å². The summed E-state index contributed by atoms with van der Waals surface area (Å²) in [5.41, 5.74) is 1.01. The predicted octanol–water partition coefficient (Wildman–Crippen LogP) is 1.57. The maximum atomic E-state index is 12.0. The van der Waals surface area contributed by atoms with Gasteiger partial charge in [-0.15, -0.1) is 0 Å². The van der Waals surface area contributed by atoms with E-state index in [1.165, 1.54) is 0 Å². The first-order chi connectivity index (χ1) is 9.95. The van der Waals surface area contributed by atoms with Gasteiger partial charge in [0.15, 0.2) is 0 Å². The Hall–Kier alpha value is -1.35. The minimum atomic E-state index is -0.888. The number of hydrogen-bond donors (Lipinski definition) is 2. The van der Waals surface area contributed by atoms with Gasteiger partial charge in [0.25, 0.3) is 5.91 Å². The van der Waals surface area contributed by atoms with Gasteiger partial charge in [-0.3, -0.25) is 9.00 Å². The molecule has 2 unspecified atom stereocenters. The minimum absolute atomic E-state index is 0.0463. The first-order valence-electron chi connectivity index (χ1n) is 6.45. The van der Waals surface area contributed by atoms with Gasteiger partial charge in [-0.2, -0.15) is 0 Å². The molecule has 0 saturated carbocycles. The Morgan fingerprint density at radius 1 is 1.52 bits per heavy atom. The van der Waals surface area contributed by atoms with E-state index in [1.807, 2.05) is 6.92 Å². The van der Waals surface area contributed by atoms with Crippen molar-refractivity contribution in [2.45, 2.75) is 18.6 Å². The van der Waals surface area contributed by atoms with Crippen LogP contribution in [0.1, 0.15) is 29.3 Å². The van der Waals surface area contributed by atoms with E-state index in [9.17, 15) is 9.00 Å². The molecule has 1 aromatic carbocycles. The quantitative estimate of drug-likeness (QED) is 0.807. The van der Waals surface area contributed by atoms with E-state index in [1.54, 1.807) is 24.5 Å². The molecule has 0 bridgehead atoms. The number of halogens is 1. The van der Waals surface area contributed by atoms with Crippen LogP contribution >= 0.6 is 11.6 Å². The van der Waals surface area contributed by atoms with Crippen molar-refractivity contribution in [2.24, 2.45) is 0 Å². The summed E-state index contributed by atoms with van der Waals surface area (Å²) in [5.74, 6) is 4.98. The lowest BCUT2D eigenvalue weighted by molar-refractivity contribution is 0.0953. The summed E-state index contributed by atoms with van der Waals surface area (Å²) in [4.78, 5) is 12.0. The highest BCUT2D eigenvalue weighted by molar-refractivity contribution is 7.84. The van der Waals surface area contributed by atoms with E-state index in [-0.39, 0.29) is 17.8 Å². The highest BCUT2D eigenvalue weighted by Gasteiger charge is 2.10. The summed E-state index contributed by atoms with van der Waals surface area (Å²) < 4.78 is 11.2. The molecule has 0 aliphatic heterocycles. The summed E-state index contributed by atoms with van der Waals surface area (Å²) in [6, 6.07) is 4.81. The van der Waals surface area contributed by atoms with Crippen LogP contribution in [0, 0.1) is 11.8 Å². The smallest absolute Gasteiger partial charge is 0.251 e. The van der Waals surface area contributed by atoms with Crippen molar-refractivity contribution >= 4 is 28.3 Å². The average molecular weight is 328 g/mol. The van der Waals surface area contributed by atoms with Crippen molar-refractivity contribution in [1.82, 2.24) is 5.32 Å². The molecule has 0 fully saturated rings. The molecule has 4 nitrogen and oxygen atoms in total. The number of aliphatic hydroxyl groups is 1. The summed E-state index contributed by atoms with van der Waals surface area (Å²) in [5, 5.41) is 11.8. The van der Waals surface area contributed by atoms with Crippen molar-refractivity contribution in [2.75, 3.05) is 19.4 Å². The molecule has 2 N–H and O–H groups in total. The molecule has 0 aliphatic rings. The molecule has 1 rings (SSSR count). The van der Waals surface area contributed by atoms with Gasteiger partial charge in [-0.25, -0.2) is 0 Å². The zero-order chi connectivity index (χ0) is 15.8. The molecule has 0 aliphatic carbocycles. The van der Waals surface area contributed by atoms with Gasteiger partial charge in [0.2, 0.25) is 0 Å². The van der Waals surface area contributed by atoms with Gasteiger partial charge < -0.3 is 10.4 Å².